The molecule has 0 bridgehead atoms. The molecule has 0 atom stereocenters. The van der Waals surface area contributed by atoms with Crippen LogP contribution in [0.3, 0.4) is 0 Å². The zero-order valence-corrected chi connectivity index (χ0v) is 27.6. The first-order valence-electron chi connectivity index (χ1n) is 14.6. The predicted octanol–water partition coefficient (Wildman–Crippen LogP) is 5.06. The summed E-state index contributed by atoms with van der Waals surface area (Å²) in [4.78, 5) is 16.8. The Balaban J connectivity index is 1.16. The van der Waals surface area contributed by atoms with Crippen LogP contribution in [-0.2, 0) is 16.1 Å². The lowest BCUT2D eigenvalue weighted by Gasteiger charge is -2.42. The van der Waals surface area contributed by atoms with Crippen LogP contribution in [0, 0.1) is 0 Å². The van der Waals surface area contributed by atoms with Crippen LogP contribution < -0.4 is 20.8 Å². The van der Waals surface area contributed by atoms with Crippen molar-refractivity contribution in [2.24, 2.45) is 7.05 Å². The molecule has 0 aliphatic carbocycles. The lowest BCUT2D eigenvalue weighted by Crippen LogP contribution is -2.52. The molecule has 6 rings (SSSR count). The number of anilines is 5. The molecule has 2 aliphatic heterocycles. The molecule has 11 nitrogen and oxygen atoms in total. The van der Waals surface area contributed by atoms with Crippen molar-refractivity contribution in [3.05, 3.63) is 53.1 Å². The van der Waals surface area contributed by atoms with Crippen molar-refractivity contribution < 1.29 is 9.05 Å². The van der Waals surface area contributed by atoms with E-state index in [1.54, 1.807) is 20.4 Å². The molecule has 2 aliphatic rings. The third-order valence-corrected chi connectivity index (χ3v) is 10.4. The number of fused-ring (bicyclic) bond motifs is 1. The monoisotopic (exact) mass is 667 g/mol. The minimum Gasteiger partial charge on any atom is -0.355 e. The molecule has 4 aromatic rings. The zero-order chi connectivity index (χ0) is 29.9. The Hall–Kier alpha value is -2.86. The van der Waals surface area contributed by atoms with Gasteiger partial charge in [-0.3, -0.25) is 9.58 Å². The van der Waals surface area contributed by atoms with E-state index in [9.17, 15) is 0 Å². The summed E-state index contributed by atoms with van der Waals surface area (Å²) >= 11 is 3.59. The van der Waals surface area contributed by atoms with Crippen molar-refractivity contribution in [2.45, 2.75) is 18.9 Å². The smallest absolute Gasteiger partial charge is 0.229 e. The highest BCUT2D eigenvalue weighted by Gasteiger charge is 2.28. The summed E-state index contributed by atoms with van der Waals surface area (Å²) in [6.45, 7) is 6.76. The van der Waals surface area contributed by atoms with Crippen LogP contribution in [0.2, 0.25) is 0 Å². The Morgan fingerprint density at radius 2 is 1.67 bits per heavy atom. The molecule has 2 N–H and O–H groups in total. The Morgan fingerprint density at radius 3 is 2.42 bits per heavy atom. The van der Waals surface area contributed by atoms with Crippen molar-refractivity contribution >= 4 is 69.5 Å². The third kappa shape index (κ3) is 6.64. The fraction of sp³-hybridized carbons (Fsp3) is 0.433. The van der Waals surface area contributed by atoms with E-state index in [1.807, 2.05) is 36.0 Å². The van der Waals surface area contributed by atoms with Crippen molar-refractivity contribution in [3.63, 3.8) is 0 Å². The Labute approximate surface area is 262 Å². The lowest BCUT2D eigenvalue weighted by molar-refractivity contribution is 0.0981. The topological polar surface area (TPSA) is 95.8 Å². The summed E-state index contributed by atoms with van der Waals surface area (Å²) in [6, 6.07) is 14.9. The minimum atomic E-state index is -1.21. The largest absolute Gasteiger partial charge is 0.355 e. The Kier molecular flexibility index (Phi) is 9.42. The van der Waals surface area contributed by atoms with E-state index in [0.717, 1.165) is 51.0 Å². The molecule has 0 amide bonds. The maximum atomic E-state index is 5.55. The molecule has 0 saturated carbocycles. The molecule has 2 aromatic heterocycles. The van der Waals surface area contributed by atoms with Crippen LogP contribution in [0.4, 0.5) is 29.0 Å². The lowest BCUT2D eigenvalue weighted by atomic mass is 10.0. The highest BCUT2D eigenvalue weighted by molar-refractivity contribution is 9.10. The van der Waals surface area contributed by atoms with E-state index in [4.69, 9.17) is 19.1 Å². The maximum absolute atomic E-state index is 5.55. The Morgan fingerprint density at radius 1 is 0.930 bits per heavy atom. The van der Waals surface area contributed by atoms with Gasteiger partial charge in [-0.15, -0.1) is 0 Å². The third-order valence-electron chi connectivity index (χ3n) is 8.34. The average Bonchev–Trinajstić information content (AvgIpc) is 3.36. The van der Waals surface area contributed by atoms with Crippen LogP contribution in [-0.4, -0.2) is 96.1 Å². The number of piperazine rings is 1. The van der Waals surface area contributed by atoms with Crippen LogP contribution in [0.25, 0.3) is 10.9 Å². The van der Waals surface area contributed by atoms with Crippen molar-refractivity contribution in [3.8, 4) is 0 Å². The number of piperidine rings is 1. The molecule has 43 heavy (non-hydrogen) atoms. The van der Waals surface area contributed by atoms with Crippen LogP contribution >= 0.6 is 24.3 Å². The van der Waals surface area contributed by atoms with Gasteiger partial charge in [0.15, 0.2) is 5.82 Å². The van der Waals surface area contributed by atoms with Gasteiger partial charge in [-0.1, -0.05) is 12.1 Å². The number of para-hydroxylation sites is 1. The second kappa shape index (κ2) is 13.4. The summed E-state index contributed by atoms with van der Waals surface area (Å²) in [7, 11) is 6.32. The minimum absolute atomic E-state index is 0.483. The van der Waals surface area contributed by atoms with E-state index in [1.165, 1.54) is 39.0 Å². The fourth-order valence-corrected chi connectivity index (χ4v) is 7.33. The van der Waals surface area contributed by atoms with E-state index in [-0.39, 0.29) is 0 Å². The number of rotatable bonds is 9. The summed E-state index contributed by atoms with van der Waals surface area (Å²) < 4.78 is 13.8. The molecule has 228 valence electrons. The van der Waals surface area contributed by atoms with E-state index in [0.29, 0.717) is 17.8 Å². The first-order valence-corrected chi connectivity index (χ1v) is 16.6. The Bertz CT molecular complexity index is 1550. The van der Waals surface area contributed by atoms with Crippen LogP contribution in [0.15, 0.2) is 53.1 Å². The second-order valence-electron chi connectivity index (χ2n) is 11.0. The van der Waals surface area contributed by atoms with E-state index < -0.39 is 8.38 Å². The number of nitrogens with zero attached hydrogens (tertiary/aromatic N) is 7. The number of benzene rings is 2. The van der Waals surface area contributed by atoms with Gasteiger partial charge >= 0.3 is 0 Å². The quantitative estimate of drug-likeness (QED) is 0.236. The SMILES string of the molecule is COP(OC)c1ccccc1Nc1nc(Nc2ccc3c(N4CCC(N5CCN(C)CC5)CC4)nn(C)c3c2)ncc1Br. The van der Waals surface area contributed by atoms with E-state index >= 15 is 0 Å². The number of hydrogen-bond acceptors (Lipinski definition) is 10. The maximum Gasteiger partial charge on any atom is 0.229 e. The summed E-state index contributed by atoms with van der Waals surface area (Å²) in [5.41, 5.74) is 2.82. The predicted molar refractivity (Wildman–Crippen MR) is 178 cm³/mol. The van der Waals surface area contributed by atoms with Crippen LogP contribution in [0.1, 0.15) is 12.8 Å². The molecule has 0 radical (unpaired) electrons. The molecule has 2 fully saturated rings. The fourth-order valence-electron chi connectivity index (χ4n) is 5.96. The molecular formula is C30H39BrN9O2P. The molecule has 0 unspecified atom stereocenters. The average molecular weight is 669 g/mol. The first-order chi connectivity index (χ1) is 20.9. The number of aromatic nitrogens is 4. The molecule has 2 aromatic carbocycles. The van der Waals surface area contributed by atoms with Gasteiger partial charge in [0, 0.05) is 83.8 Å². The van der Waals surface area contributed by atoms with Gasteiger partial charge in [0.25, 0.3) is 0 Å². The standard InChI is InChI=1S/C30H39BrN9O2P/c1-37-15-17-39(18-16-37)22-11-13-40(14-12-22)29-23-10-9-21(19-26(23)38(2)36-29)33-30-32-20-24(31)28(35-30)34-25-7-5-6-8-27(25)43(41-3)42-4/h5-10,19-20,22H,11-18H2,1-4H3,(H2,32,33,34,35). The van der Waals surface area contributed by atoms with Gasteiger partial charge in [-0.2, -0.15) is 10.1 Å². The molecule has 0 spiro atoms. The molecule has 2 saturated heterocycles. The van der Waals surface area contributed by atoms with Gasteiger partial charge in [0.05, 0.1) is 21.0 Å². The first kappa shape index (κ1) is 30.2. The van der Waals surface area contributed by atoms with Crippen LogP contribution in [0.5, 0.6) is 0 Å². The molecule has 13 heteroatoms. The normalized spacial score (nSPS) is 17.2. The highest BCUT2D eigenvalue weighted by atomic mass is 79.9. The molecule has 4 heterocycles. The van der Waals surface area contributed by atoms with Crippen molar-refractivity contribution in [1.29, 1.82) is 0 Å². The van der Waals surface area contributed by atoms with E-state index in [2.05, 4.69) is 71.5 Å². The van der Waals surface area contributed by atoms with Gasteiger partial charge < -0.3 is 29.5 Å². The summed E-state index contributed by atoms with van der Waals surface area (Å²) in [5.74, 6) is 2.19. The van der Waals surface area contributed by atoms with Gasteiger partial charge in [-0.25, -0.2) is 4.98 Å². The number of nitrogens with one attached hydrogen (secondary N) is 2. The number of hydrogen-bond donors (Lipinski definition) is 2. The van der Waals surface area contributed by atoms with Crippen molar-refractivity contribution in [2.75, 3.05) is 76.1 Å². The van der Waals surface area contributed by atoms with Gasteiger partial charge in [0.1, 0.15) is 5.82 Å². The van der Waals surface area contributed by atoms with Crippen molar-refractivity contribution in [1.82, 2.24) is 29.5 Å². The number of halogens is 1. The second-order valence-corrected chi connectivity index (χ2v) is 13.6. The van der Waals surface area contributed by atoms with Gasteiger partial charge in [-0.05, 0) is 66.2 Å². The number of aryl methyl sites for hydroxylation is 1. The summed E-state index contributed by atoms with van der Waals surface area (Å²) in [6.07, 6.45) is 4.10. The summed E-state index contributed by atoms with van der Waals surface area (Å²) in [5, 5.41) is 13.8. The van der Waals surface area contributed by atoms with Gasteiger partial charge in [0.2, 0.25) is 14.3 Å². The molecular weight excluding hydrogens is 629 g/mol. The highest BCUT2D eigenvalue weighted by Crippen LogP contribution is 2.39. The zero-order valence-electron chi connectivity index (χ0n) is 25.1. The number of likely N-dealkylation sites (N-methyl/N-ethyl adjacent to an activating group) is 1.